The van der Waals surface area contributed by atoms with Crippen molar-refractivity contribution in [2.45, 2.75) is 6.61 Å². The smallest absolute Gasteiger partial charge is 0.0775 e. The number of benzene rings is 1. The normalized spacial score (nSPS) is 10.4. The number of aliphatic hydroxyl groups excluding tert-OH is 1. The van der Waals surface area contributed by atoms with Gasteiger partial charge >= 0.3 is 0 Å². The van der Waals surface area contributed by atoms with E-state index >= 15 is 0 Å². The van der Waals surface area contributed by atoms with Crippen molar-refractivity contribution in [3.63, 3.8) is 0 Å². The van der Waals surface area contributed by atoms with Gasteiger partial charge < -0.3 is 10.4 Å². The van der Waals surface area contributed by atoms with Crippen molar-refractivity contribution in [3.05, 3.63) is 44.6 Å². The lowest BCUT2D eigenvalue weighted by Gasteiger charge is -2.04. The van der Waals surface area contributed by atoms with Gasteiger partial charge in [0.25, 0.3) is 0 Å². The number of hydrogen-bond donors (Lipinski definition) is 2. The van der Waals surface area contributed by atoms with Gasteiger partial charge in [-0.15, -0.1) is 11.3 Å². The summed E-state index contributed by atoms with van der Waals surface area (Å²) in [6, 6.07) is 7.16. The molecule has 84 valence electrons. The number of halogens is 2. The van der Waals surface area contributed by atoms with E-state index in [4.69, 9.17) is 28.3 Å². The molecule has 2 nitrogen and oxygen atoms in total. The highest BCUT2D eigenvalue weighted by Crippen LogP contribution is 2.27. The predicted octanol–water partition coefficient (Wildman–Crippen LogP) is 4.29. The third kappa shape index (κ3) is 2.89. The highest BCUT2D eigenvalue weighted by molar-refractivity contribution is 7.10. The van der Waals surface area contributed by atoms with Gasteiger partial charge in [-0.1, -0.05) is 23.2 Å². The van der Waals surface area contributed by atoms with Crippen molar-refractivity contribution in [2.75, 3.05) is 5.32 Å². The van der Waals surface area contributed by atoms with Crippen LogP contribution in [0.2, 0.25) is 10.0 Å². The Hall–Kier alpha value is -0.740. The first-order chi connectivity index (χ1) is 7.67. The maximum absolute atomic E-state index is 8.95. The first-order valence-electron chi connectivity index (χ1n) is 4.59. The summed E-state index contributed by atoms with van der Waals surface area (Å²) in [7, 11) is 0. The summed E-state index contributed by atoms with van der Waals surface area (Å²) < 4.78 is 0. The lowest BCUT2D eigenvalue weighted by molar-refractivity contribution is 0.285. The van der Waals surface area contributed by atoms with E-state index in [0.717, 1.165) is 16.3 Å². The first kappa shape index (κ1) is 11.7. The van der Waals surface area contributed by atoms with E-state index < -0.39 is 0 Å². The number of anilines is 2. The fraction of sp³-hybridized carbons (Fsp3) is 0.0909. The monoisotopic (exact) mass is 273 g/mol. The second kappa shape index (κ2) is 5.06. The predicted molar refractivity (Wildman–Crippen MR) is 70.0 cm³/mol. The standard InChI is InChI=1S/C11H9Cl2NOS/c12-7-1-8(13)3-9(2-7)14-10-4-11(5-15)16-6-10/h1-4,6,14-15H,5H2. The molecule has 0 aliphatic rings. The molecule has 1 aromatic heterocycles. The van der Waals surface area contributed by atoms with Gasteiger partial charge in [0.15, 0.2) is 0 Å². The Labute approximate surface area is 107 Å². The molecule has 0 saturated carbocycles. The van der Waals surface area contributed by atoms with Gasteiger partial charge in [-0.3, -0.25) is 0 Å². The van der Waals surface area contributed by atoms with E-state index in [1.807, 2.05) is 11.4 Å². The maximum atomic E-state index is 8.95. The molecule has 5 heteroatoms. The zero-order valence-corrected chi connectivity index (χ0v) is 10.5. The van der Waals surface area contributed by atoms with Gasteiger partial charge in [0.2, 0.25) is 0 Å². The molecule has 1 heterocycles. The number of rotatable bonds is 3. The van der Waals surface area contributed by atoms with Crippen LogP contribution in [-0.4, -0.2) is 5.11 Å². The Morgan fingerprint density at radius 3 is 2.31 bits per heavy atom. The van der Waals surface area contributed by atoms with Crippen LogP contribution in [0.15, 0.2) is 29.6 Å². The molecule has 0 radical (unpaired) electrons. The number of thiophene rings is 1. The Morgan fingerprint density at radius 1 is 1.06 bits per heavy atom. The Morgan fingerprint density at radius 2 is 1.75 bits per heavy atom. The van der Waals surface area contributed by atoms with Crippen molar-refractivity contribution >= 4 is 45.9 Å². The molecule has 2 N–H and O–H groups in total. The number of aliphatic hydroxyl groups is 1. The van der Waals surface area contributed by atoms with Crippen LogP contribution in [0, 0.1) is 0 Å². The molecule has 0 bridgehead atoms. The van der Waals surface area contributed by atoms with Crippen LogP contribution in [0.25, 0.3) is 0 Å². The molecule has 0 fully saturated rings. The van der Waals surface area contributed by atoms with Gasteiger partial charge in [0.05, 0.1) is 6.61 Å². The summed E-state index contributed by atoms with van der Waals surface area (Å²) in [4.78, 5) is 0.913. The van der Waals surface area contributed by atoms with Crippen LogP contribution >= 0.6 is 34.5 Å². The summed E-state index contributed by atoms with van der Waals surface area (Å²) in [6.07, 6.45) is 0. The van der Waals surface area contributed by atoms with Gasteiger partial charge in [-0.25, -0.2) is 0 Å². The maximum Gasteiger partial charge on any atom is 0.0775 e. The van der Waals surface area contributed by atoms with Gasteiger partial charge in [0, 0.05) is 31.7 Å². The second-order valence-electron chi connectivity index (χ2n) is 3.24. The molecular formula is C11H9Cl2NOS. The van der Waals surface area contributed by atoms with Gasteiger partial charge in [-0.05, 0) is 24.3 Å². The molecule has 0 aliphatic heterocycles. The zero-order chi connectivity index (χ0) is 11.5. The quantitative estimate of drug-likeness (QED) is 0.875. The van der Waals surface area contributed by atoms with E-state index in [1.54, 1.807) is 18.2 Å². The van der Waals surface area contributed by atoms with E-state index in [9.17, 15) is 0 Å². The van der Waals surface area contributed by atoms with Crippen molar-refractivity contribution in [1.82, 2.24) is 0 Å². The first-order valence-corrected chi connectivity index (χ1v) is 6.22. The largest absolute Gasteiger partial charge is 0.391 e. The van der Waals surface area contributed by atoms with E-state index in [0.29, 0.717) is 10.0 Å². The summed E-state index contributed by atoms with van der Waals surface area (Å²) >= 11 is 13.3. The molecule has 0 aliphatic carbocycles. The molecule has 2 aromatic rings. The average Bonchev–Trinajstić information content (AvgIpc) is 2.64. The van der Waals surface area contributed by atoms with Crippen LogP contribution in [0.5, 0.6) is 0 Å². The SMILES string of the molecule is OCc1cc(Nc2cc(Cl)cc(Cl)c2)cs1. The fourth-order valence-electron chi connectivity index (χ4n) is 1.32. The minimum Gasteiger partial charge on any atom is -0.391 e. The molecule has 0 unspecified atom stereocenters. The second-order valence-corrected chi connectivity index (χ2v) is 5.11. The molecule has 0 amide bonds. The van der Waals surface area contributed by atoms with Crippen molar-refractivity contribution in [1.29, 1.82) is 0 Å². The summed E-state index contributed by atoms with van der Waals surface area (Å²) in [5, 5.41) is 15.2. The molecule has 0 atom stereocenters. The minimum absolute atomic E-state index is 0.0582. The lowest BCUT2D eigenvalue weighted by Crippen LogP contribution is -1.88. The number of hydrogen-bond acceptors (Lipinski definition) is 3. The highest BCUT2D eigenvalue weighted by Gasteiger charge is 2.01. The van der Waals surface area contributed by atoms with E-state index in [-0.39, 0.29) is 6.61 Å². The van der Waals surface area contributed by atoms with Crippen LogP contribution in [-0.2, 0) is 6.61 Å². The summed E-state index contributed by atoms with van der Waals surface area (Å²) in [5.41, 5.74) is 1.76. The average molecular weight is 274 g/mol. The zero-order valence-electron chi connectivity index (χ0n) is 8.21. The third-order valence-electron chi connectivity index (χ3n) is 1.96. The van der Waals surface area contributed by atoms with Crippen molar-refractivity contribution in [2.24, 2.45) is 0 Å². The minimum atomic E-state index is 0.0582. The van der Waals surface area contributed by atoms with Crippen LogP contribution < -0.4 is 5.32 Å². The van der Waals surface area contributed by atoms with Crippen LogP contribution in [0.4, 0.5) is 11.4 Å². The van der Waals surface area contributed by atoms with Crippen molar-refractivity contribution in [3.8, 4) is 0 Å². The van der Waals surface area contributed by atoms with Crippen LogP contribution in [0.1, 0.15) is 4.88 Å². The Balaban J connectivity index is 2.19. The lowest BCUT2D eigenvalue weighted by atomic mass is 10.3. The Bertz CT molecular complexity index is 478. The molecular weight excluding hydrogens is 265 g/mol. The molecule has 2 rings (SSSR count). The van der Waals surface area contributed by atoms with Gasteiger partial charge in [0.1, 0.15) is 0 Å². The number of nitrogens with one attached hydrogen (secondary N) is 1. The molecule has 1 aromatic carbocycles. The van der Waals surface area contributed by atoms with Crippen LogP contribution in [0.3, 0.4) is 0 Å². The fourth-order valence-corrected chi connectivity index (χ4v) is 2.52. The summed E-state index contributed by atoms with van der Waals surface area (Å²) in [6.45, 7) is 0.0582. The topological polar surface area (TPSA) is 32.3 Å². The summed E-state index contributed by atoms with van der Waals surface area (Å²) in [5.74, 6) is 0. The molecule has 16 heavy (non-hydrogen) atoms. The van der Waals surface area contributed by atoms with Gasteiger partial charge in [-0.2, -0.15) is 0 Å². The Kier molecular flexibility index (Phi) is 3.71. The highest BCUT2D eigenvalue weighted by atomic mass is 35.5. The van der Waals surface area contributed by atoms with E-state index in [1.165, 1.54) is 11.3 Å². The van der Waals surface area contributed by atoms with E-state index in [2.05, 4.69) is 5.32 Å². The third-order valence-corrected chi connectivity index (χ3v) is 3.32. The molecule has 0 saturated heterocycles. The molecule has 0 spiro atoms. The van der Waals surface area contributed by atoms with Crippen molar-refractivity contribution < 1.29 is 5.11 Å².